The summed E-state index contributed by atoms with van der Waals surface area (Å²) in [6.07, 6.45) is 4.06. The Morgan fingerprint density at radius 1 is 1.45 bits per heavy atom. The summed E-state index contributed by atoms with van der Waals surface area (Å²) in [6, 6.07) is 4.44. The van der Waals surface area contributed by atoms with E-state index in [0.29, 0.717) is 12.2 Å². The zero-order chi connectivity index (χ0) is 14.5. The third-order valence-electron chi connectivity index (χ3n) is 2.77. The van der Waals surface area contributed by atoms with Crippen LogP contribution in [0, 0.1) is 5.82 Å². The largest absolute Gasteiger partial charge is 0.382 e. The molecule has 1 aromatic heterocycles. The fourth-order valence-corrected chi connectivity index (χ4v) is 1.83. The molecule has 0 aliphatic heterocycles. The van der Waals surface area contributed by atoms with E-state index in [1.807, 2.05) is 6.92 Å². The SMILES string of the molecule is CCCNc1c(F)cccc1C(=O)Nc1cnn(C)c1. The summed E-state index contributed by atoms with van der Waals surface area (Å²) in [4.78, 5) is 12.2. The highest BCUT2D eigenvalue weighted by Gasteiger charge is 2.15. The van der Waals surface area contributed by atoms with Gasteiger partial charge in [0, 0.05) is 19.8 Å². The second kappa shape index (κ2) is 6.18. The lowest BCUT2D eigenvalue weighted by molar-refractivity contribution is 0.102. The number of nitrogens with zero attached hydrogens (tertiary/aromatic N) is 2. The first kappa shape index (κ1) is 14.0. The molecular weight excluding hydrogens is 259 g/mol. The van der Waals surface area contributed by atoms with Crippen LogP contribution in [-0.2, 0) is 7.05 Å². The van der Waals surface area contributed by atoms with E-state index in [2.05, 4.69) is 15.7 Å². The highest BCUT2D eigenvalue weighted by atomic mass is 19.1. The quantitative estimate of drug-likeness (QED) is 0.882. The molecule has 0 saturated carbocycles. The first-order valence-corrected chi connectivity index (χ1v) is 6.44. The van der Waals surface area contributed by atoms with Crippen molar-refractivity contribution in [1.82, 2.24) is 9.78 Å². The summed E-state index contributed by atoms with van der Waals surface area (Å²) in [5, 5.41) is 9.61. The van der Waals surface area contributed by atoms with Gasteiger partial charge in [0.1, 0.15) is 5.82 Å². The maximum Gasteiger partial charge on any atom is 0.257 e. The van der Waals surface area contributed by atoms with Crippen LogP contribution in [-0.4, -0.2) is 22.2 Å². The monoisotopic (exact) mass is 276 g/mol. The van der Waals surface area contributed by atoms with E-state index in [9.17, 15) is 9.18 Å². The van der Waals surface area contributed by atoms with Gasteiger partial charge >= 0.3 is 0 Å². The van der Waals surface area contributed by atoms with Gasteiger partial charge in [0.25, 0.3) is 5.91 Å². The van der Waals surface area contributed by atoms with E-state index in [1.54, 1.807) is 24.0 Å². The van der Waals surface area contributed by atoms with Crippen molar-refractivity contribution in [3.05, 3.63) is 42.0 Å². The number of hydrogen-bond acceptors (Lipinski definition) is 3. The van der Waals surface area contributed by atoms with Gasteiger partial charge in [0.05, 0.1) is 23.1 Å². The summed E-state index contributed by atoms with van der Waals surface area (Å²) in [7, 11) is 1.76. The second-order valence-corrected chi connectivity index (χ2v) is 4.45. The molecule has 1 amide bonds. The van der Waals surface area contributed by atoms with Gasteiger partial charge in [-0.25, -0.2) is 4.39 Å². The van der Waals surface area contributed by atoms with Crippen LogP contribution in [0.4, 0.5) is 15.8 Å². The minimum Gasteiger partial charge on any atom is -0.382 e. The number of benzene rings is 1. The number of halogens is 1. The van der Waals surface area contributed by atoms with Crippen molar-refractivity contribution in [2.75, 3.05) is 17.2 Å². The van der Waals surface area contributed by atoms with Crippen molar-refractivity contribution >= 4 is 17.3 Å². The molecule has 20 heavy (non-hydrogen) atoms. The molecule has 106 valence electrons. The van der Waals surface area contributed by atoms with Crippen molar-refractivity contribution in [3.63, 3.8) is 0 Å². The number of rotatable bonds is 5. The van der Waals surface area contributed by atoms with Crippen molar-refractivity contribution in [2.24, 2.45) is 7.05 Å². The van der Waals surface area contributed by atoms with Gasteiger partial charge < -0.3 is 10.6 Å². The molecule has 0 spiro atoms. The van der Waals surface area contributed by atoms with Crippen molar-refractivity contribution in [2.45, 2.75) is 13.3 Å². The fourth-order valence-electron chi connectivity index (χ4n) is 1.83. The number of amides is 1. The molecule has 5 nitrogen and oxygen atoms in total. The average molecular weight is 276 g/mol. The molecule has 0 fully saturated rings. The van der Waals surface area contributed by atoms with Crippen LogP contribution >= 0.6 is 0 Å². The van der Waals surface area contributed by atoms with Gasteiger partial charge in [0.2, 0.25) is 0 Å². The number of nitrogens with one attached hydrogen (secondary N) is 2. The standard InChI is InChI=1S/C14H17FN4O/c1-3-7-16-13-11(5-4-6-12(13)15)14(20)18-10-8-17-19(2)9-10/h4-6,8-9,16H,3,7H2,1-2H3,(H,18,20). The van der Waals surface area contributed by atoms with Gasteiger partial charge in [-0.05, 0) is 18.6 Å². The van der Waals surface area contributed by atoms with Crippen molar-refractivity contribution in [3.8, 4) is 0 Å². The Labute approximate surface area is 116 Å². The molecule has 2 N–H and O–H groups in total. The summed E-state index contributed by atoms with van der Waals surface area (Å²) < 4.78 is 15.4. The lowest BCUT2D eigenvalue weighted by Crippen LogP contribution is -2.16. The molecule has 1 heterocycles. The van der Waals surface area contributed by atoms with Crippen LogP contribution in [0.5, 0.6) is 0 Å². The van der Waals surface area contributed by atoms with Gasteiger partial charge in [0.15, 0.2) is 0 Å². The summed E-state index contributed by atoms with van der Waals surface area (Å²) >= 11 is 0. The Kier molecular flexibility index (Phi) is 4.34. The third-order valence-corrected chi connectivity index (χ3v) is 2.77. The molecule has 1 aromatic carbocycles. The summed E-state index contributed by atoms with van der Waals surface area (Å²) in [6.45, 7) is 2.58. The van der Waals surface area contributed by atoms with Gasteiger partial charge in [-0.15, -0.1) is 0 Å². The first-order valence-electron chi connectivity index (χ1n) is 6.44. The molecule has 0 aliphatic carbocycles. The molecule has 2 rings (SSSR count). The highest BCUT2D eigenvalue weighted by molar-refractivity contribution is 6.08. The predicted molar refractivity (Wildman–Crippen MR) is 76.3 cm³/mol. The van der Waals surface area contributed by atoms with E-state index < -0.39 is 5.82 Å². The summed E-state index contributed by atoms with van der Waals surface area (Å²) in [5.74, 6) is -0.798. The van der Waals surface area contributed by atoms with Gasteiger partial charge in [-0.1, -0.05) is 13.0 Å². The second-order valence-electron chi connectivity index (χ2n) is 4.45. The molecule has 0 saturated heterocycles. The topological polar surface area (TPSA) is 59.0 Å². The van der Waals surface area contributed by atoms with Crippen molar-refractivity contribution in [1.29, 1.82) is 0 Å². The van der Waals surface area contributed by atoms with Crippen LogP contribution in [0.15, 0.2) is 30.6 Å². The number of anilines is 2. The number of aromatic nitrogens is 2. The Balaban J connectivity index is 2.22. The number of hydrogen-bond donors (Lipinski definition) is 2. The maximum absolute atomic E-state index is 13.8. The van der Waals surface area contributed by atoms with Gasteiger partial charge in [-0.2, -0.15) is 5.10 Å². The summed E-state index contributed by atoms with van der Waals surface area (Å²) in [5.41, 5.74) is 1.08. The number of carbonyl (C=O) groups is 1. The van der Waals surface area contributed by atoms with Crippen LogP contribution in [0.2, 0.25) is 0 Å². The number of carbonyl (C=O) groups excluding carboxylic acids is 1. The van der Waals surface area contributed by atoms with Crippen LogP contribution in [0.1, 0.15) is 23.7 Å². The lowest BCUT2D eigenvalue weighted by atomic mass is 10.1. The fraction of sp³-hybridized carbons (Fsp3) is 0.286. The highest BCUT2D eigenvalue weighted by Crippen LogP contribution is 2.21. The first-order chi connectivity index (χ1) is 9.61. The Hall–Kier alpha value is -2.37. The lowest BCUT2D eigenvalue weighted by Gasteiger charge is -2.12. The van der Waals surface area contributed by atoms with E-state index in [0.717, 1.165) is 6.42 Å². The van der Waals surface area contributed by atoms with E-state index in [-0.39, 0.29) is 17.2 Å². The molecule has 6 heteroatoms. The molecule has 0 bridgehead atoms. The molecule has 2 aromatic rings. The Bertz CT molecular complexity index is 609. The normalized spacial score (nSPS) is 10.3. The minimum atomic E-state index is -0.433. The number of para-hydroxylation sites is 1. The van der Waals surface area contributed by atoms with Crippen molar-refractivity contribution < 1.29 is 9.18 Å². The molecule has 0 atom stereocenters. The Morgan fingerprint density at radius 2 is 2.25 bits per heavy atom. The predicted octanol–water partition coefficient (Wildman–Crippen LogP) is 2.63. The zero-order valence-corrected chi connectivity index (χ0v) is 11.5. The van der Waals surface area contributed by atoms with Crippen LogP contribution < -0.4 is 10.6 Å². The number of aryl methyl sites for hydroxylation is 1. The van der Waals surface area contributed by atoms with E-state index in [1.165, 1.54) is 18.3 Å². The maximum atomic E-state index is 13.8. The van der Waals surface area contributed by atoms with Gasteiger partial charge in [-0.3, -0.25) is 9.48 Å². The molecule has 0 radical (unpaired) electrons. The smallest absolute Gasteiger partial charge is 0.257 e. The van der Waals surface area contributed by atoms with Crippen LogP contribution in [0.3, 0.4) is 0 Å². The van der Waals surface area contributed by atoms with E-state index >= 15 is 0 Å². The minimum absolute atomic E-state index is 0.232. The average Bonchev–Trinajstić information content (AvgIpc) is 2.82. The molecule has 0 aliphatic rings. The molecule has 0 unspecified atom stereocenters. The zero-order valence-electron chi connectivity index (χ0n) is 11.5. The third kappa shape index (κ3) is 3.14. The van der Waals surface area contributed by atoms with Crippen LogP contribution in [0.25, 0.3) is 0 Å². The Morgan fingerprint density at radius 3 is 2.90 bits per heavy atom. The molecular formula is C14H17FN4O. The van der Waals surface area contributed by atoms with E-state index in [4.69, 9.17) is 0 Å².